The number of alkyl halides is 3. The van der Waals surface area contributed by atoms with Crippen molar-refractivity contribution in [3.05, 3.63) is 88.9 Å². The maximum Gasteiger partial charge on any atom is 0.249 e. The summed E-state index contributed by atoms with van der Waals surface area (Å²) in [5.41, 5.74) is 1.26. The number of hydrogen-bond donors (Lipinski definition) is 1. The molecule has 0 bridgehead atoms. The van der Waals surface area contributed by atoms with E-state index in [-0.39, 0.29) is 30.8 Å². The Morgan fingerprint density at radius 1 is 1.16 bits per heavy atom. The lowest BCUT2D eigenvalue weighted by molar-refractivity contribution is -0.138. The maximum atomic E-state index is 15.0. The molecule has 1 aliphatic carbocycles. The Balaban J connectivity index is 1.37. The van der Waals surface area contributed by atoms with Gasteiger partial charge in [-0.1, -0.05) is 42.5 Å². The molecule has 3 atom stereocenters. The van der Waals surface area contributed by atoms with Gasteiger partial charge in [0.15, 0.2) is 0 Å². The largest absolute Gasteiger partial charge is 0.445 e. The van der Waals surface area contributed by atoms with Gasteiger partial charge in [0, 0.05) is 19.3 Å². The number of carbonyl (C=O) groups excluding carboxylic acids is 2. The van der Waals surface area contributed by atoms with Crippen molar-refractivity contribution in [2.24, 2.45) is 0 Å². The van der Waals surface area contributed by atoms with Gasteiger partial charge in [0.1, 0.15) is 30.2 Å². The first-order chi connectivity index (χ1) is 18.1. The number of likely N-dealkylation sites (tertiary alicyclic amines) is 1. The molecule has 2 fully saturated rings. The second-order valence-corrected chi connectivity index (χ2v) is 10.0. The lowest BCUT2D eigenvalue weighted by Crippen LogP contribution is -2.47. The number of oxazole rings is 1. The van der Waals surface area contributed by atoms with Crippen molar-refractivity contribution in [2.75, 3.05) is 6.54 Å². The fourth-order valence-electron chi connectivity index (χ4n) is 5.20. The van der Waals surface area contributed by atoms with Crippen LogP contribution in [0.5, 0.6) is 0 Å². The SMILES string of the molecule is Cc1cnc(CC(=O)N2C[C@H](F)C[C@H]2C(=O)N[C@@H](c2ccccc2)c2ccc(C3CC(F)(F)C3)c(F)c2)o1. The predicted molar refractivity (Wildman–Crippen MR) is 130 cm³/mol. The molecule has 0 spiro atoms. The summed E-state index contributed by atoms with van der Waals surface area (Å²) in [4.78, 5) is 31.5. The third-order valence-electron chi connectivity index (χ3n) is 7.15. The smallest absolute Gasteiger partial charge is 0.249 e. The van der Waals surface area contributed by atoms with Crippen LogP contribution in [0.1, 0.15) is 59.6 Å². The summed E-state index contributed by atoms with van der Waals surface area (Å²) in [6, 6.07) is 11.3. The van der Waals surface area contributed by atoms with Crippen molar-refractivity contribution in [3.8, 4) is 0 Å². The topological polar surface area (TPSA) is 75.4 Å². The van der Waals surface area contributed by atoms with Gasteiger partial charge in [-0.25, -0.2) is 22.5 Å². The number of aromatic nitrogens is 1. The average molecular weight is 530 g/mol. The molecule has 1 aliphatic heterocycles. The number of nitrogens with zero attached hydrogens (tertiary/aromatic N) is 2. The van der Waals surface area contributed by atoms with Crippen LogP contribution in [0.4, 0.5) is 17.6 Å². The fourth-order valence-corrected chi connectivity index (χ4v) is 5.20. The molecule has 6 nitrogen and oxygen atoms in total. The van der Waals surface area contributed by atoms with E-state index in [0.29, 0.717) is 16.9 Å². The Hall–Kier alpha value is -3.69. The molecule has 1 aromatic heterocycles. The molecule has 0 unspecified atom stereocenters. The monoisotopic (exact) mass is 529 g/mol. The second kappa shape index (κ2) is 10.2. The standard InChI is InChI=1S/C28H27F4N3O3/c1-16-14-33-24(38-16)11-25(36)35-15-20(29)10-23(35)27(37)34-26(17-5-3-2-4-6-17)18-7-8-21(22(30)9-18)19-12-28(31,32)13-19/h2-9,14,19-20,23,26H,10-13,15H2,1H3,(H,34,37)/t20-,23+,26+/m1/s1. The highest BCUT2D eigenvalue weighted by atomic mass is 19.3. The highest BCUT2D eigenvalue weighted by Crippen LogP contribution is 2.49. The van der Waals surface area contributed by atoms with Crippen LogP contribution in [0.15, 0.2) is 59.1 Å². The number of amides is 2. The Bertz CT molecular complexity index is 1320. The van der Waals surface area contributed by atoms with Crippen LogP contribution in [0.2, 0.25) is 0 Å². The van der Waals surface area contributed by atoms with E-state index in [1.165, 1.54) is 23.2 Å². The molecule has 2 aliphatic rings. The van der Waals surface area contributed by atoms with E-state index in [2.05, 4.69) is 10.3 Å². The Morgan fingerprint density at radius 3 is 2.53 bits per heavy atom. The fraction of sp³-hybridized carbons (Fsp3) is 0.393. The number of halogens is 4. The Morgan fingerprint density at radius 2 is 1.89 bits per heavy atom. The van der Waals surface area contributed by atoms with Crippen LogP contribution in [-0.4, -0.2) is 46.4 Å². The van der Waals surface area contributed by atoms with E-state index in [4.69, 9.17) is 4.42 Å². The lowest BCUT2D eigenvalue weighted by atomic mass is 9.76. The minimum atomic E-state index is -2.78. The zero-order chi connectivity index (χ0) is 27.0. The van der Waals surface area contributed by atoms with E-state index in [1.807, 2.05) is 0 Å². The summed E-state index contributed by atoms with van der Waals surface area (Å²) >= 11 is 0. The number of benzene rings is 2. The predicted octanol–water partition coefficient (Wildman–Crippen LogP) is 5.02. The summed E-state index contributed by atoms with van der Waals surface area (Å²) in [7, 11) is 0. The van der Waals surface area contributed by atoms with E-state index >= 15 is 4.39 Å². The lowest BCUT2D eigenvalue weighted by Gasteiger charge is -2.35. The van der Waals surface area contributed by atoms with Gasteiger partial charge < -0.3 is 14.6 Å². The number of aryl methyl sites for hydroxylation is 1. The van der Waals surface area contributed by atoms with Crippen LogP contribution in [0, 0.1) is 12.7 Å². The summed E-state index contributed by atoms with van der Waals surface area (Å²) in [6.07, 6.45) is -1.09. The molecule has 38 heavy (non-hydrogen) atoms. The van der Waals surface area contributed by atoms with Gasteiger partial charge >= 0.3 is 0 Å². The van der Waals surface area contributed by atoms with E-state index in [0.717, 1.165) is 0 Å². The van der Waals surface area contributed by atoms with Crippen molar-refractivity contribution in [1.29, 1.82) is 0 Å². The quantitative estimate of drug-likeness (QED) is 0.436. The first-order valence-electron chi connectivity index (χ1n) is 12.5. The van der Waals surface area contributed by atoms with Crippen molar-refractivity contribution < 1.29 is 31.6 Å². The van der Waals surface area contributed by atoms with Gasteiger partial charge in [-0.2, -0.15) is 0 Å². The van der Waals surface area contributed by atoms with Crippen molar-refractivity contribution in [2.45, 2.75) is 62.7 Å². The van der Waals surface area contributed by atoms with Crippen molar-refractivity contribution in [3.63, 3.8) is 0 Å². The molecule has 2 amide bonds. The highest BCUT2D eigenvalue weighted by Gasteiger charge is 2.47. The van der Waals surface area contributed by atoms with Crippen LogP contribution in [-0.2, 0) is 16.0 Å². The molecular weight excluding hydrogens is 502 g/mol. The van der Waals surface area contributed by atoms with Crippen molar-refractivity contribution in [1.82, 2.24) is 15.2 Å². The average Bonchev–Trinajstić information content (AvgIpc) is 3.46. The highest BCUT2D eigenvalue weighted by molar-refractivity contribution is 5.89. The van der Waals surface area contributed by atoms with Crippen molar-refractivity contribution >= 4 is 11.8 Å². The molecule has 2 aromatic carbocycles. The summed E-state index contributed by atoms with van der Waals surface area (Å²) in [5, 5.41) is 2.86. The minimum Gasteiger partial charge on any atom is -0.445 e. The number of carbonyl (C=O) groups is 2. The number of rotatable bonds is 7. The maximum absolute atomic E-state index is 15.0. The minimum absolute atomic E-state index is 0.174. The molecule has 3 aromatic rings. The van der Waals surface area contributed by atoms with Gasteiger partial charge in [-0.15, -0.1) is 0 Å². The molecule has 2 heterocycles. The molecule has 0 radical (unpaired) electrons. The van der Waals surface area contributed by atoms with Crippen LogP contribution < -0.4 is 5.32 Å². The Kier molecular flexibility index (Phi) is 6.98. The number of hydrogen-bond acceptors (Lipinski definition) is 4. The molecular formula is C28H27F4N3O3. The summed E-state index contributed by atoms with van der Waals surface area (Å²) in [6.45, 7) is 1.45. The molecule has 5 rings (SSSR count). The van der Waals surface area contributed by atoms with Gasteiger partial charge in [-0.3, -0.25) is 9.59 Å². The first kappa shape index (κ1) is 25.9. The summed E-state index contributed by atoms with van der Waals surface area (Å²) in [5.74, 6) is -4.33. The zero-order valence-corrected chi connectivity index (χ0v) is 20.7. The molecule has 10 heteroatoms. The van der Waals surface area contributed by atoms with Gasteiger partial charge in [-0.05, 0) is 35.6 Å². The Labute approximate surface area is 217 Å². The normalized spacial score (nSPS) is 21.7. The van der Waals surface area contributed by atoms with Crippen LogP contribution in [0.3, 0.4) is 0 Å². The summed E-state index contributed by atoms with van der Waals surface area (Å²) < 4.78 is 61.5. The second-order valence-electron chi connectivity index (χ2n) is 10.0. The zero-order valence-electron chi connectivity index (χ0n) is 20.7. The van der Waals surface area contributed by atoms with E-state index in [9.17, 15) is 22.8 Å². The third kappa shape index (κ3) is 5.44. The van der Waals surface area contributed by atoms with Crippen LogP contribution in [0.25, 0.3) is 0 Å². The number of nitrogens with one attached hydrogen (secondary N) is 1. The molecule has 1 saturated carbocycles. The van der Waals surface area contributed by atoms with Gasteiger partial charge in [0.2, 0.25) is 23.6 Å². The molecule has 1 saturated heterocycles. The van der Waals surface area contributed by atoms with E-state index < -0.39 is 60.6 Å². The van der Waals surface area contributed by atoms with Gasteiger partial charge in [0.25, 0.3) is 0 Å². The molecule has 1 N–H and O–H groups in total. The first-order valence-corrected chi connectivity index (χ1v) is 12.5. The van der Waals surface area contributed by atoms with Crippen LogP contribution >= 0.6 is 0 Å². The van der Waals surface area contributed by atoms with E-state index in [1.54, 1.807) is 43.3 Å². The third-order valence-corrected chi connectivity index (χ3v) is 7.15. The molecule has 200 valence electrons. The van der Waals surface area contributed by atoms with Gasteiger partial charge in [0.05, 0.1) is 18.8 Å².